The average molecular weight is 546 g/mol. The minimum atomic E-state index is -5.22. The summed E-state index contributed by atoms with van der Waals surface area (Å²) >= 11 is 0. The molecule has 0 atom stereocenters. The average Bonchev–Trinajstić information content (AvgIpc) is 2.79. The van der Waals surface area contributed by atoms with Crippen molar-refractivity contribution < 1.29 is 57.4 Å². The summed E-state index contributed by atoms with van der Waals surface area (Å²) in [5.41, 5.74) is -5.50. The predicted molar refractivity (Wildman–Crippen MR) is 111 cm³/mol. The van der Waals surface area contributed by atoms with Gasteiger partial charge >= 0.3 is 34.7 Å². The highest BCUT2D eigenvalue weighted by molar-refractivity contribution is 7.91. The fourth-order valence-corrected chi connectivity index (χ4v) is 4.04. The molecule has 0 aromatic heterocycles. The molecule has 2 aromatic carbocycles. The Bertz CT molecular complexity index is 1290. The van der Waals surface area contributed by atoms with Crippen LogP contribution in [0.1, 0.15) is 0 Å². The van der Waals surface area contributed by atoms with Gasteiger partial charge in [-0.3, -0.25) is 40.5 Å². The molecule has 0 radical (unpaired) electrons. The van der Waals surface area contributed by atoms with Gasteiger partial charge in [-0.1, -0.05) is 0 Å². The lowest BCUT2D eigenvalue weighted by atomic mass is 10.2. The molecule has 2 rings (SSSR count). The first-order chi connectivity index (χ1) is 17.1. The topological polar surface area (TPSA) is 300 Å². The van der Waals surface area contributed by atoms with Crippen LogP contribution in [0, 0.1) is 40.5 Å². The summed E-state index contributed by atoms with van der Waals surface area (Å²) in [6, 6.07) is 0.857. The summed E-state index contributed by atoms with van der Waals surface area (Å²) in [5.74, 6) is -5.81. The van der Waals surface area contributed by atoms with Gasteiger partial charge in [0.2, 0.25) is 9.84 Å². The number of carboxylic acids is 2. The molecular formula is C16H10N4O16S. The van der Waals surface area contributed by atoms with Gasteiger partial charge in [-0.05, 0) is 0 Å². The lowest BCUT2D eigenvalue weighted by Gasteiger charge is -2.10. The second kappa shape index (κ2) is 10.4. The monoisotopic (exact) mass is 546 g/mol. The maximum atomic E-state index is 13.1. The zero-order chi connectivity index (χ0) is 28.2. The van der Waals surface area contributed by atoms with E-state index in [2.05, 4.69) is 9.47 Å². The molecule has 0 heterocycles. The Labute approximate surface area is 201 Å². The Hall–Kier alpha value is -5.47. The molecule has 0 unspecified atom stereocenters. The van der Waals surface area contributed by atoms with Crippen molar-refractivity contribution in [2.45, 2.75) is 9.79 Å². The van der Waals surface area contributed by atoms with Gasteiger partial charge in [0.05, 0.1) is 29.5 Å². The molecule has 0 aliphatic rings. The van der Waals surface area contributed by atoms with Crippen LogP contribution >= 0.6 is 0 Å². The van der Waals surface area contributed by atoms with E-state index < -0.39 is 98.7 Å². The normalized spacial score (nSPS) is 10.8. The van der Waals surface area contributed by atoms with Crippen molar-refractivity contribution in [1.29, 1.82) is 0 Å². The van der Waals surface area contributed by atoms with E-state index in [1.807, 2.05) is 0 Å². The summed E-state index contributed by atoms with van der Waals surface area (Å²) in [6.45, 7) is -2.58. The minimum absolute atomic E-state index is 0.214. The van der Waals surface area contributed by atoms with Crippen LogP contribution in [0.4, 0.5) is 22.7 Å². The number of hydrogen-bond donors (Lipinski definition) is 2. The second-order valence-electron chi connectivity index (χ2n) is 6.48. The number of nitro benzene ring substituents is 4. The van der Waals surface area contributed by atoms with Gasteiger partial charge < -0.3 is 19.7 Å². The van der Waals surface area contributed by atoms with Crippen LogP contribution in [0.5, 0.6) is 11.5 Å². The summed E-state index contributed by atoms with van der Waals surface area (Å²) < 4.78 is 35.4. The highest BCUT2D eigenvalue weighted by Gasteiger charge is 2.37. The number of carboxylic acid groups (broad SMARTS) is 2. The van der Waals surface area contributed by atoms with Gasteiger partial charge in [-0.25, -0.2) is 18.0 Å². The molecule has 37 heavy (non-hydrogen) atoms. The zero-order valence-electron chi connectivity index (χ0n) is 17.5. The molecule has 0 saturated carbocycles. The highest BCUT2D eigenvalue weighted by Crippen LogP contribution is 2.43. The van der Waals surface area contributed by atoms with Crippen molar-refractivity contribution in [2.75, 3.05) is 13.2 Å². The molecule has 0 aliphatic heterocycles. The van der Waals surface area contributed by atoms with E-state index in [1.165, 1.54) is 0 Å². The number of carbonyl (C=O) groups is 2. The van der Waals surface area contributed by atoms with Crippen molar-refractivity contribution in [3.05, 3.63) is 64.7 Å². The molecule has 20 nitrogen and oxygen atoms in total. The molecule has 2 aromatic rings. The Balaban J connectivity index is 2.87. The van der Waals surface area contributed by atoms with Crippen molar-refractivity contribution in [3.63, 3.8) is 0 Å². The quantitative estimate of drug-likeness (QED) is 0.278. The van der Waals surface area contributed by atoms with Crippen LogP contribution in [-0.2, 0) is 19.4 Å². The predicted octanol–water partition coefficient (Wildman–Crippen LogP) is 1.08. The van der Waals surface area contributed by atoms with Crippen molar-refractivity contribution in [2.24, 2.45) is 0 Å². The Morgan fingerprint density at radius 2 is 0.892 bits per heavy atom. The van der Waals surface area contributed by atoms with E-state index in [0.29, 0.717) is 0 Å². The smallest absolute Gasteiger partial charge is 0.341 e. The lowest BCUT2D eigenvalue weighted by molar-refractivity contribution is -0.396. The standard InChI is InChI=1S/C16H10N4O16S/c21-13(22)5-35-15-9(17(25)26)1-7(2-10(15)18(27)28)37(33,34)8-3-11(19(29)30)16(36-6-14(23)24)12(4-8)20(31)32/h1-4H,5-6H2,(H,21,22)(H,23,24). The lowest BCUT2D eigenvalue weighted by Crippen LogP contribution is -2.13. The van der Waals surface area contributed by atoms with Gasteiger partial charge in [-0.15, -0.1) is 0 Å². The van der Waals surface area contributed by atoms with Gasteiger partial charge in [-0.2, -0.15) is 0 Å². The highest BCUT2D eigenvalue weighted by atomic mass is 32.2. The van der Waals surface area contributed by atoms with E-state index in [4.69, 9.17) is 10.2 Å². The summed E-state index contributed by atoms with van der Waals surface area (Å²) in [5, 5.41) is 63.1. The fourth-order valence-electron chi connectivity index (χ4n) is 2.70. The number of hydrogen-bond acceptors (Lipinski definition) is 14. The summed E-state index contributed by atoms with van der Waals surface area (Å²) in [6.07, 6.45) is 0. The van der Waals surface area contributed by atoms with Crippen LogP contribution in [0.2, 0.25) is 0 Å². The van der Waals surface area contributed by atoms with Crippen molar-refractivity contribution >= 4 is 44.5 Å². The van der Waals surface area contributed by atoms with E-state index in [9.17, 15) is 58.5 Å². The molecule has 0 bridgehead atoms. The van der Waals surface area contributed by atoms with Crippen LogP contribution in [0.15, 0.2) is 34.1 Å². The third-order valence-corrected chi connectivity index (χ3v) is 5.85. The van der Waals surface area contributed by atoms with E-state index in [0.717, 1.165) is 0 Å². The maximum Gasteiger partial charge on any atom is 0.341 e. The first-order valence-corrected chi connectivity index (χ1v) is 10.4. The van der Waals surface area contributed by atoms with Gasteiger partial charge in [0.15, 0.2) is 13.2 Å². The molecule has 0 spiro atoms. The maximum absolute atomic E-state index is 13.1. The van der Waals surface area contributed by atoms with Gasteiger partial charge in [0.1, 0.15) is 0 Å². The molecule has 0 fully saturated rings. The largest absolute Gasteiger partial charge is 0.479 e. The van der Waals surface area contributed by atoms with Crippen molar-refractivity contribution in [1.82, 2.24) is 0 Å². The number of rotatable bonds is 12. The SMILES string of the molecule is O=C(O)COc1c([N+](=O)[O-])cc(S(=O)(=O)c2cc([N+](=O)[O-])c(OCC(=O)O)c([N+](=O)[O-])c2)cc1[N+](=O)[O-]. The number of sulfone groups is 1. The van der Waals surface area contributed by atoms with Crippen molar-refractivity contribution in [3.8, 4) is 11.5 Å². The van der Waals surface area contributed by atoms with E-state index >= 15 is 0 Å². The third-order valence-electron chi connectivity index (χ3n) is 4.13. The van der Waals surface area contributed by atoms with Crippen LogP contribution in [0.25, 0.3) is 0 Å². The molecule has 196 valence electrons. The Kier molecular flexibility index (Phi) is 7.83. The molecule has 0 saturated heterocycles. The molecule has 0 amide bonds. The second-order valence-corrected chi connectivity index (χ2v) is 8.43. The number of nitro groups is 4. The first-order valence-electron chi connectivity index (χ1n) is 8.95. The molecule has 0 aliphatic carbocycles. The Morgan fingerprint density at radius 1 is 0.649 bits per heavy atom. The third kappa shape index (κ3) is 5.97. The summed E-state index contributed by atoms with van der Waals surface area (Å²) in [4.78, 5) is 59.3. The molecule has 21 heteroatoms. The number of nitrogens with zero attached hydrogens (tertiary/aromatic N) is 4. The summed E-state index contributed by atoms with van der Waals surface area (Å²) in [7, 11) is -5.22. The van der Waals surface area contributed by atoms with Crippen LogP contribution in [0.3, 0.4) is 0 Å². The van der Waals surface area contributed by atoms with Crippen LogP contribution < -0.4 is 9.47 Å². The fraction of sp³-hybridized carbons (Fsp3) is 0.125. The molecular weight excluding hydrogens is 536 g/mol. The Morgan fingerprint density at radius 3 is 1.08 bits per heavy atom. The first kappa shape index (κ1) is 27.8. The van der Waals surface area contributed by atoms with E-state index in [-0.39, 0.29) is 24.3 Å². The van der Waals surface area contributed by atoms with Gasteiger partial charge in [0.25, 0.3) is 11.5 Å². The number of ether oxygens (including phenoxy) is 2. The van der Waals surface area contributed by atoms with Gasteiger partial charge in [0, 0.05) is 24.3 Å². The number of benzene rings is 2. The molecule has 2 N–H and O–H groups in total. The minimum Gasteiger partial charge on any atom is -0.479 e. The van der Waals surface area contributed by atoms with E-state index in [1.54, 1.807) is 0 Å². The number of aliphatic carboxylic acids is 2. The zero-order valence-corrected chi connectivity index (χ0v) is 18.3. The van der Waals surface area contributed by atoms with Crippen LogP contribution in [-0.4, -0.2) is 63.5 Å².